The van der Waals surface area contributed by atoms with Crippen LogP contribution in [0.5, 0.6) is 0 Å². The number of hydrogen-bond donors (Lipinski definition) is 1. The lowest BCUT2D eigenvalue weighted by Crippen LogP contribution is -2.25. The van der Waals surface area contributed by atoms with Gasteiger partial charge in [0.2, 0.25) is 0 Å². The van der Waals surface area contributed by atoms with Crippen molar-refractivity contribution in [3.63, 3.8) is 0 Å². The molecular weight excluding hydrogens is 212 g/mol. The number of carboxylic acids is 1. The van der Waals surface area contributed by atoms with Gasteiger partial charge in [0.1, 0.15) is 5.78 Å². The first kappa shape index (κ1) is 13.1. The van der Waals surface area contributed by atoms with Crippen LogP contribution in [0.3, 0.4) is 0 Å². The summed E-state index contributed by atoms with van der Waals surface area (Å²) in [5.41, 5.74) is 0. The van der Waals surface area contributed by atoms with E-state index < -0.39 is 5.97 Å². The normalized spacial score (nSPS) is 17.2. The smallest absolute Gasteiger partial charge is 0.303 e. The first-order valence-corrected chi connectivity index (χ1v) is 5.65. The van der Waals surface area contributed by atoms with Crippen molar-refractivity contribution in [3.8, 4) is 0 Å². The van der Waals surface area contributed by atoms with Gasteiger partial charge < -0.3 is 14.6 Å². The summed E-state index contributed by atoms with van der Waals surface area (Å²) in [5, 5.41) is 8.41. The van der Waals surface area contributed by atoms with E-state index in [4.69, 9.17) is 14.6 Å². The molecule has 1 heterocycles. The molecule has 16 heavy (non-hydrogen) atoms. The fraction of sp³-hybridized carbons (Fsp3) is 0.818. The van der Waals surface area contributed by atoms with E-state index in [-0.39, 0.29) is 18.5 Å². The van der Waals surface area contributed by atoms with Crippen LogP contribution < -0.4 is 0 Å². The summed E-state index contributed by atoms with van der Waals surface area (Å²) in [5.74, 6) is -0.772. The summed E-state index contributed by atoms with van der Waals surface area (Å²) >= 11 is 0. The van der Waals surface area contributed by atoms with Gasteiger partial charge in [-0.2, -0.15) is 0 Å². The van der Waals surface area contributed by atoms with Crippen LogP contribution in [0.4, 0.5) is 0 Å². The third-order valence-electron chi connectivity index (χ3n) is 2.40. The minimum atomic E-state index is -0.855. The monoisotopic (exact) mass is 230 g/mol. The highest BCUT2D eigenvalue weighted by atomic mass is 16.7. The lowest BCUT2D eigenvalue weighted by molar-refractivity contribution is -0.182. The maximum absolute atomic E-state index is 11.4. The van der Waals surface area contributed by atoms with Gasteiger partial charge in [-0.05, 0) is 12.8 Å². The Kier molecular flexibility index (Phi) is 6.03. The molecule has 1 aliphatic heterocycles. The molecule has 1 fully saturated rings. The number of hydrogen-bond acceptors (Lipinski definition) is 4. The summed E-state index contributed by atoms with van der Waals surface area (Å²) in [4.78, 5) is 21.6. The predicted octanol–water partition coefficient (Wildman–Crippen LogP) is 1.35. The average Bonchev–Trinajstić information content (AvgIpc) is 2.27. The molecule has 0 bridgehead atoms. The number of carbonyl (C=O) groups is 2. The number of Topliss-reactive ketones (excluding diaryl/α,β-unsaturated/α-hetero) is 1. The molecule has 0 radical (unpaired) electrons. The van der Waals surface area contributed by atoms with E-state index in [1.807, 2.05) is 0 Å². The van der Waals surface area contributed by atoms with Crippen molar-refractivity contribution < 1.29 is 24.2 Å². The molecule has 0 amide bonds. The van der Waals surface area contributed by atoms with Crippen LogP contribution in [-0.4, -0.2) is 36.4 Å². The molecule has 1 N–H and O–H groups in total. The Morgan fingerprint density at radius 1 is 1.12 bits per heavy atom. The molecule has 0 atom stereocenters. The van der Waals surface area contributed by atoms with Crippen LogP contribution in [0.1, 0.15) is 38.5 Å². The summed E-state index contributed by atoms with van der Waals surface area (Å²) in [6.07, 6.45) is 2.44. The molecule has 0 aromatic rings. The number of ether oxygens (including phenoxy) is 2. The van der Waals surface area contributed by atoms with Crippen LogP contribution in [0.25, 0.3) is 0 Å². The zero-order valence-electron chi connectivity index (χ0n) is 9.31. The maximum atomic E-state index is 11.4. The van der Waals surface area contributed by atoms with Crippen LogP contribution in [0, 0.1) is 0 Å². The van der Waals surface area contributed by atoms with Crippen molar-refractivity contribution in [2.24, 2.45) is 0 Å². The van der Waals surface area contributed by atoms with Crippen LogP contribution in [0.2, 0.25) is 0 Å². The standard InChI is InChI=1S/C11H18O5/c12-9(3-1-4-10(13)14)5-6-11-15-7-2-8-16-11/h11H,1-8H2,(H,13,14). The first-order valence-electron chi connectivity index (χ1n) is 5.65. The number of ketones is 1. The zero-order valence-corrected chi connectivity index (χ0v) is 9.31. The summed E-state index contributed by atoms with van der Waals surface area (Å²) in [6.45, 7) is 1.38. The Hall–Kier alpha value is -0.940. The first-order chi connectivity index (χ1) is 7.68. The highest BCUT2D eigenvalue weighted by molar-refractivity contribution is 5.78. The maximum Gasteiger partial charge on any atom is 0.303 e. The Bertz CT molecular complexity index is 233. The van der Waals surface area contributed by atoms with Gasteiger partial charge in [-0.25, -0.2) is 0 Å². The molecular formula is C11H18O5. The summed E-state index contributed by atoms with van der Waals surface area (Å²) in [6, 6.07) is 0. The van der Waals surface area contributed by atoms with Gasteiger partial charge in [-0.3, -0.25) is 9.59 Å². The van der Waals surface area contributed by atoms with E-state index >= 15 is 0 Å². The van der Waals surface area contributed by atoms with Gasteiger partial charge in [-0.1, -0.05) is 0 Å². The van der Waals surface area contributed by atoms with Crippen molar-refractivity contribution in [1.29, 1.82) is 0 Å². The van der Waals surface area contributed by atoms with E-state index in [2.05, 4.69) is 0 Å². The van der Waals surface area contributed by atoms with Crippen LogP contribution in [0.15, 0.2) is 0 Å². The average molecular weight is 230 g/mol. The SMILES string of the molecule is O=C(O)CCCC(=O)CCC1OCCCO1. The van der Waals surface area contributed by atoms with E-state index in [1.54, 1.807) is 0 Å². The fourth-order valence-corrected chi connectivity index (χ4v) is 1.54. The zero-order chi connectivity index (χ0) is 11.8. The van der Waals surface area contributed by atoms with Gasteiger partial charge >= 0.3 is 5.97 Å². The van der Waals surface area contributed by atoms with Gasteiger partial charge in [0, 0.05) is 25.7 Å². The molecule has 92 valence electrons. The third kappa shape index (κ3) is 5.82. The summed E-state index contributed by atoms with van der Waals surface area (Å²) < 4.78 is 10.6. The highest BCUT2D eigenvalue weighted by Crippen LogP contribution is 2.12. The number of carboxylic acid groups (broad SMARTS) is 1. The minimum Gasteiger partial charge on any atom is -0.481 e. The second kappa shape index (κ2) is 7.35. The number of carbonyl (C=O) groups excluding carboxylic acids is 1. The number of rotatable bonds is 7. The Balaban J connectivity index is 2.02. The Morgan fingerprint density at radius 3 is 2.44 bits per heavy atom. The van der Waals surface area contributed by atoms with Crippen molar-refractivity contribution in [2.45, 2.75) is 44.8 Å². The van der Waals surface area contributed by atoms with E-state index in [9.17, 15) is 9.59 Å². The second-order valence-electron chi connectivity index (χ2n) is 3.85. The number of aliphatic carboxylic acids is 1. The molecule has 0 aromatic heterocycles. The van der Waals surface area contributed by atoms with Gasteiger partial charge in [0.25, 0.3) is 0 Å². The Labute approximate surface area is 94.7 Å². The quantitative estimate of drug-likeness (QED) is 0.714. The lowest BCUT2D eigenvalue weighted by Gasteiger charge is -2.22. The molecule has 0 aliphatic carbocycles. The van der Waals surface area contributed by atoms with E-state index in [0.717, 1.165) is 6.42 Å². The third-order valence-corrected chi connectivity index (χ3v) is 2.40. The van der Waals surface area contributed by atoms with Crippen molar-refractivity contribution in [3.05, 3.63) is 0 Å². The van der Waals surface area contributed by atoms with E-state index in [0.29, 0.717) is 38.9 Å². The topological polar surface area (TPSA) is 72.8 Å². The molecule has 1 rings (SSSR count). The lowest BCUT2D eigenvalue weighted by atomic mass is 10.1. The van der Waals surface area contributed by atoms with Crippen molar-refractivity contribution in [2.75, 3.05) is 13.2 Å². The molecule has 1 saturated heterocycles. The highest BCUT2D eigenvalue weighted by Gasteiger charge is 2.15. The Morgan fingerprint density at radius 2 is 1.81 bits per heavy atom. The van der Waals surface area contributed by atoms with Crippen molar-refractivity contribution in [1.82, 2.24) is 0 Å². The molecule has 0 aromatic carbocycles. The van der Waals surface area contributed by atoms with Gasteiger partial charge in [-0.15, -0.1) is 0 Å². The molecule has 5 heteroatoms. The largest absolute Gasteiger partial charge is 0.481 e. The molecule has 1 aliphatic rings. The van der Waals surface area contributed by atoms with E-state index in [1.165, 1.54) is 0 Å². The second-order valence-corrected chi connectivity index (χ2v) is 3.85. The predicted molar refractivity (Wildman–Crippen MR) is 56.0 cm³/mol. The van der Waals surface area contributed by atoms with Crippen LogP contribution >= 0.6 is 0 Å². The molecule has 0 unspecified atom stereocenters. The fourth-order valence-electron chi connectivity index (χ4n) is 1.54. The van der Waals surface area contributed by atoms with Gasteiger partial charge in [0.05, 0.1) is 13.2 Å². The van der Waals surface area contributed by atoms with Crippen LogP contribution in [-0.2, 0) is 19.1 Å². The molecule has 5 nitrogen and oxygen atoms in total. The molecule has 0 spiro atoms. The summed E-state index contributed by atoms with van der Waals surface area (Å²) in [7, 11) is 0. The van der Waals surface area contributed by atoms with Gasteiger partial charge in [0.15, 0.2) is 6.29 Å². The van der Waals surface area contributed by atoms with Crippen molar-refractivity contribution >= 4 is 11.8 Å². The minimum absolute atomic E-state index is 0.0577. The molecule has 0 saturated carbocycles.